The van der Waals surface area contributed by atoms with Crippen molar-refractivity contribution >= 4 is 5.97 Å². The number of aromatic carboxylic acids is 1. The van der Waals surface area contributed by atoms with E-state index < -0.39 is 5.97 Å². The van der Waals surface area contributed by atoms with Gasteiger partial charge < -0.3 is 9.84 Å². The van der Waals surface area contributed by atoms with Gasteiger partial charge in [0.2, 0.25) is 0 Å². The molecule has 0 saturated heterocycles. The molecule has 1 aromatic heterocycles. The summed E-state index contributed by atoms with van der Waals surface area (Å²) in [6.07, 6.45) is 2.24. The Hall–Kier alpha value is -2.63. The van der Waals surface area contributed by atoms with Crippen LogP contribution >= 0.6 is 0 Å². The molecule has 2 rings (SSSR count). The van der Waals surface area contributed by atoms with E-state index in [4.69, 9.17) is 9.84 Å². The van der Waals surface area contributed by atoms with Crippen LogP contribution < -0.4 is 10.3 Å². The smallest absolute Gasteiger partial charge is 0.335 e. The van der Waals surface area contributed by atoms with Crippen LogP contribution in [0.4, 0.5) is 0 Å². The quantitative estimate of drug-likeness (QED) is 0.818. The highest BCUT2D eigenvalue weighted by atomic mass is 16.5. The Morgan fingerprint density at radius 3 is 2.90 bits per heavy atom. The fourth-order valence-corrected chi connectivity index (χ4v) is 1.82. The van der Waals surface area contributed by atoms with E-state index in [0.29, 0.717) is 25.3 Å². The summed E-state index contributed by atoms with van der Waals surface area (Å²) < 4.78 is 6.85. The molecule has 21 heavy (non-hydrogen) atoms. The van der Waals surface area contributed by atoms with Crippen LogP contribution in [0.25, 0.3) is 0 Å². The SMILES string of the molecule is Cc1cnn(CCCOc2cccc(C(=O)O)c2)c(=O)c1. The summed E-state index contributed by atoms with van der Waals surface area (Å²) in [6, 6.07) is 7.83. The van der Waals surface area contributed by atoms with Gasteiger partial charge in [-0.15, -0.1) is 0 Å². The highest BCUT2D eigenvalue weighted by Crippen LogP contribution is 2.13. The maximum absolute atomic E-state index is 11.6. The van der Waals surface area contributed by atoms with E-state index >= 15 is 0 Å². The Morgan fingerprint density at radius 1 is 1.38 bits per heavy atom. The van der Waals surface area contributed by atoms with Gasteiger partial charge in [-0.05, 0) is 30.7 Å². The Kier molecular flexibility index (Phi) is 4.71. The van der Waals surface area contributed by atoms with Crippen molar-refractivity contribution in [1.29, 1.82) is 0 Å². The van der Waals surface area contributed by atoms with Crippen LogP contribution in [0.5, 0.6) is 5.75 Å². The van der Waals surface area contributed by atoms with Gasteiger partial charge in [0.1, 0.15) is 5.75 Å². The predicted octanol–water partition coefficient (Wildman–Crippen LogP) is 1.72. The summed E-state index contributed by atoms with van der Waals surface area (Å²) in [5.74, 6) is -0.491. The minimum atomic E-state index is -0.990. The average molecular weight is 288 g/mol. The number of carboxylic acid groups (broad SMARTS) is 1. The van der Waals surface area contributed by atoms with Gasteiger partial charge in [-0.3, -0.25) is 4.79 Å². The molecule has 0 aliphatic carbocycles. The van der Waals surface area contributed by atoms with Crippen molar-refractivity contribution in [3.63, 3.8) is 0 Å². The van der Waals surface area contributed by atoms with Gasteiger partial charge in [-0.1, -0.05) is 6.07 Å². The molecule has 0 bridgehead atoms. The van der Waals surface area contributed by atoms with Crippen molar-refractivity contribution in [3.05, 3.63) is 58.0 Å². The summed E-state index contributed by atoms with van der Waals surface area (Å²) in [5.41, 5.74) is 0.879. The fourth-order valence-electron chi connectivity index (χ4n) is 1.82. The van der Waals surface area contributed by atoms with E-state index in [1.54, 1.807) is 18.3 Å². The summed E-state index contributed by atoms with van der Waals surface area (Å²) in [6.45, 7) is 2.65. The molecule has 0 spiro atoms. The van der Waals surface area contributed by atoms with Crippen molar-refractivity contribution in [2.24, 2.45) is 0 Å². The number of hydrogen-bond donors (Lipinski definition) is 1. The molecule has 1 aromatic carbocycles. The number of nitrogens with zero attached hydrogens (tertiary/aromatic N) is 2. The molecule has 0 unspecified atom stereocenters. The lowest BCUT2D eigenvalue weighted by Crippen LogP contribution is -2.23. The molecule has 0 radical (unpaired) electrons. The Balaban J connectivity index is 1.86. The molecule has 0 aliphatic rings. The lowest BCUT2D eigenvalue weighted by molar-refractivity contribution is 0.0696. The second-order valence-electron chi connectivity index (χ2n) is 4.63. The zero-order chi connectivity index (χ0) is 15.2. The van der Waals surface area contributed by atoms with Crippen LogP contribution in [-0.2, 0) is 6.54 Å². The van der Waals surface area contributed by atoms with E-state index in [0.717, 1.165) is 5.56 Å². The molecule has 0 atom stereocenters. The number of hydrogen-bond acceptors (Lipinski definition) is 4. The van der Waals surface area contributed by atoms with Crippen molar-refractivity contribution in [2.75, 3.05) is 6.61 Å². The molecule has 6 nitrogen and oxygen atoms in total. The molecule has 0 amide bonds. The molecular formula is C15H16N2O4. The Labute approximate surface area is 121 Å². The van der Waals surface area contributed by atoms with Crippen molar-refractivity contribution in [2.45, 2.75) is 19.9 Å². The fraction of sp³-hybridized carbons (Fsp3) is 0.267. The number of rotatable bonds is 6. The van der Waals surface area contributed by atoms with Gasteiger partial charge in [-0.2, -0.15) is 5.10 Å². The van der Waals surface area contributed by atoms with Crippen LogP contribution in [-0.4, -0.2) is 27.5 Å². The largest absolute Gasteiger partial charge is 0.494 e. The van der Waals surface area contributed by atoms with E-state index in [2.05, 4.69) is 5.10 Å². The topological polar surface area (TPSA) is 81.4 Å². The molecule has 0 saturated carbocycles. The second kappa shape index (κ2) is 6.69. The number of carbonyl (C=O) groups is 1. The van der Waals surface area contributed by atoms with E-state index in [9.17, 15) is 9.59 Å². The van der Waals surface area contributed by atoms with Gasteiger partial charge in [0.25, 0.3) is 5.56 Å². The number of ether oxygens (including phenoxy) is 1. The van der Waals surface area contributed by atoms with Gasteiger partial charge in [0.05, 0.1) is 18.4 Å². The first-order chi connectivity index (χ1) is 10.1. The van der Waals surface area contributed by atoms with Gasteiger partial charge in [0.15, 0.2) is 0 Å². The normalized spacial score (nSPS) is 10.3. The van der Waals surface area contributed by atoms with Crippen LogP contribution in [0.2, 0.25) is 0 Å². The van der Waals surface area contributed by atoms with Crippen LogP contribution in [0.1, 0.15) is 22.3 Å². The number of aromatic nitrogens is 2. The Morgan fingerprint density at radius 2 is 2.19 bits per heavy atom. The highest BCUT2D eigenvalue weighted by molar-refractivity contribution is 5.87. The lowest BCUT2D eigenvalue weighted by atomic mass is 10.2. The highest BCUT2D eigenvalue weighted by Gasteiger charge is 2.04. The summed E-state index contributed by atoms with van der Waals surface area (Å²) >= 11 is 0. The first-order valence-electron chi connectivity index (χ1n) is 6.56. The van der Waals surface area contributed by atoms with Gasteiger partial charge in [0, 0.05) is 19.0 Å². The molecule has 2 aromatic rings. The van der Waals surface area contributed by atoms with Crippen LogP contribution in [0.15, 0.2) is 41.3 Å². The standard InChI is InChI=1S/C15H16N2O4/c1-11-8-14(18)17(16-10-11)6-3-7-21-13-5-2-4-12(9-13)15(19)20/h2,4-5,8-10H,3,6-7H2,1H3,(H,19,20). The van der Waals surface area contributed by atoms with E-state index in [1.807, 2.05) is 6.92 Å². The third kappa shape index (κ3) is 4.17. The minimum Gasteiger partial charge on any atom is -0.494 e. The number of aryl methyl sites for hydroxylation is 2. The van der Waals surface area contributed by atoms with Crippen molar-refractivity contribution in [1.82, 2.24) is 9.78 Å². The van der Waals surface area contributed by atoms with Gasteiger partial charge in [-0.25, -0.2) is 9.48 Å². The molecule has 1 N–H and O–H groups in total. The Bertz CT molecular complexity index is 694. The van der Waals surface area contributed by atoms with Gasteiger partial charge >= 0.3 is 5.97 Å². The van der Waals surface area contributed by atoms with Crippen molar-refractivity contribution in [3.8, 4) is 5.75 Å². The van der Waals surface area contributed by atoms with Crippen LogP contribution in [0, 0.1) is 6.92 Å². The minimum absolute atomic E-state index is 0.136. The molecular weight excluding hydrogens is 272 g/mol. The maximum Gasteiger partial charge on any atom is 0.335 e. The zero-order valence-corrected chi connectivity index (χ0v) is 11.7. The summed E-state index contributed by atoms with van der Waals surface area (Å²) in [7, 11) is 0. The summed E-state index contributed by atoms with van der Waals surface area (Å²) in [4.78, 5) is 22.4. The van der Waals surface area contributed by atoms with Crippen molar-refractivity contribution < 1.29 is 14.6 Å². The first-order valence-corrected chi connectivity index (χ1v) is 6.56. The van der Waals surface area contributed by atoms with E-state index in [-0.39, 0.29) is 11.1 Å². The second-order valence-corrected chi connectivity index (χ2v) is 4.63. The number of carboxylic acids is 1. The molecule has 1 heterocycles. The third-order valence-electron chi connectivity index (χ3n) is 2.87. The molecule has 0 aliphatic heterocycles. The van der Waals surface area contributed by atoms with Crippen LogP contribution in [0.3, 0.4) is 0 Å². The number of benzene rings is 1. The molecule has 0 fully saturated rings. The monoisotopic (exact) mass is 288 g/mol. The third-order valence-corrected chi connectivity index (χ3v) is 2.87. The average Bonchev–Trinajstić information content (AvgIpc) is 2.45. The predicted molar refractivity (Wildman–Crippen MR) is 76.7 cm³/mol. The lowest BCUT2D eigenvalue weighted by Gasteiger charge is -2.07. The summed E-state index contributed by atoms with van der Waals surface area (Å²) in [5, 5.41) is 12.9. The maximum atomic E-state index is 11.6. The zero-order valence-electron chi connectivity index (χ0n) is 11.7. The van der Waals surface area contributed by atoms with E-state index in [1.165, 1.54) is 22.9 Å². The molecule has 110 valence electrons. The molecule has 6 heteroatoms. The first kappa shape index (κ1) is 14.8.